The summed E-state index contributed by atoms with van der Waals surface area (Å²) in [6, 6.07) is 2.75. The van der Waals surface area contributed by atoms with Crippen molar-refractivity contribution >= 4 is 39.8 Å². The van der Waals surface area contributed by atoms with Crippen molar-refractivity contribution in [1.82, 2.24) is 19.3 Å². The van der Waals surface area contributed by atoms with Crippen molar-refractivity contribution < 1.29 is 18.0 Å². The lowest BCUT2D eigenvalue weighted by molar-refractivity contribution is -0.137. The SMILES string of the molecule is CC(=O)N(C)c1cnc(Nc2nc(-c3cc4c(cn3)NC(C)(C)C4)ns2)c(C(F)(F)F)c1. The van der Waals surface area contributed by atoms with Gasteiger partial charge in [-0.25, -0.2) is 4.98 Å². The van der Waals surface area contributed by atoms with Gasteiger partial charge < -0.3 is 15.5 Å². The van der Waals surface area contributed by atoms with E-state index in [1.165, 1.54) is 20.2 Å². The summed E-state index contributed by atoms with van der Waals surface area (Å²) >= 11 is 0.907. The molecule has 0 aromatic carbocycles. The van der Waals surface area contributed by atoms with Crippen LogP contribution in [-0.2, 0) is 17.4 Å². The van der Waals surface area contributed by atoms with Gasteiger partial charge in [-0.05, 0) is 38.0 Å². The van der Waals surface area contributed by atoms with Crippen LogP contribution in [0.25, 0.3) is 11.5 Å². The third-order valence-corrected chi connectivity index (χ3v) is 5.64. The second-order valence-corrected chi connectivity index (χ2v) is 8.88. The molecule has 0 atom stereocenters. The van der Waals surface area contributed by atoms with Crippen LogP contribution in [0.1, 0.15) is 31.9 Å². The Morgan fingerprint density at radius 1 is 1.25 bits per heavy atom. The van der Waals surface area contributed by atoms with Gasteiger partial charge >= 0.3 is 6.18 Å². The molecule has 3 aromatic rings. The van der Waals surface area contributed by atoms with Crippen molar-refractivity contribution in [3.05, 3.63) is 35.7 Å². The fourth-order valence-electron chi connectivity index (χ4n) is 3.38. The molecule has 4 rings (SSSR count). The Labute approximate surface area is 186 Å². The van der Waals surface area contributed by atoms with Gasteiger partial charge in [0.05, 0.1) is 23.8 Å². The van der Waals surface area contributed by atoms with Gasteiger partial charge in [0.2, 0.25) is 11.0 Å². The van der Waals surface area contributed by atoms with Crippen molar-refractivity contribution in [2.45, 2.75) is 38.9 Å². The molecule has 1 aliphatic rings. The van der Waals surface area contributed by atoms with Gasteiger partial charge in [-0.2, -0.15) is 22.5 Å². The number of nitrogens with zero attached hydrogens (tertiary/aromatic N) is 5. The predicted molar refractivity (Wildman–Crippen MR) is 116 cm³/mol. The van der Waals surface area contributed by atoms with Crippen LogP contribution in [0, 0.1) is 0 Å². The number of fused-ring (bicyclic) bond motifs is 1. The van der Waals surface area contributed by atoms with Gasteiger partial charge in [0.15, 0.2) is 5.82 Å². The van der Waals surface area contributed by atoms with Crippen LogP contribution in [-0.4, -0.2) is 37.8 Å². The minimum absolute atomic E-state index is 0.0344. The Kier molecular flexibility index (Phi) is 5.27. The van der Waals surface area contributed by atoms with E-state index in [9.17, 15) is 18.0 Å². The van der Waals surface area contributed by atoms with E-state index in [1.807, 2.05) is 6.07 Å². The summed E-state index contributed by atoms with van der Waals surface area (Å²) < 4.78 is 45.1. The number of carbonyl (C=O) groups excluding carboxylic acids is 1. The summed E-state index contributed by atoms with van der Waals surface area (Å²) in [6.45, 7) is 5.42. The lowest BCUT2D eigenvalue weighted by Crippen LogP contribution is -2.27. The van der Waals surface area contributed by atoms with Gasteiger partial charge in [0.25, 0.3) is 0 Å². The number of aromatic nitrogens is 4. The van der Waals surface area contributed by atoms with E-state index in [4.69, 9.17) is 0 Å². The van der Waals surface area contributed by atoms with Gasteiger partial charge in [-0.15, -0.1) is 0 Å². The molecule has 168 valence electrons. The predicted octanol–water partition coefficient (Wildman–Crippen LogP) is 4.49. The fourth-order valence-corrected chi connectivity index (χ4v) is 3.95. The molecule has 0 saturated heterocycles. The molecule has 4 heterocycles. The molecule has 12 heteroatoms. The van der Waals surface area contributed by atoms with Gasteiger partial charge in [-0.3, -0.25) is 9.78 Å². The highest BCUT2D eigenvalue weighted by atomic mass is 32.1. The molecule has 0 unspecified atom stereocenters. The molecule has 8 nitrogen and oxygen atoms in total. The molecule has 0 radical (unpaired) electrons. The number of amides is 1. The number of rotatable bonds is 4. The number of carbonyl (C=O) groups is 1. The lowest BCUT2D eigenvalue weighted by Gasteiger charge is -2.18. The molecular formula is C20H20F3N7OS. The number of anilines is 4. The highest BCUT2D eigenvalue weighted by molar-refractivity contribution is 7.09. The Bertz CT molecular complexity index is 1190. The third-order valence-electron chi connectivity index (χ3n) is 5.01. The summed E-state index contributed by atoms with van der Waals surface area (Å²) in [5.74, 6) is -0.518. The quantitative estimate of drug-likeness (QED) is 0.589. The van der Waals surface area contributed by atoms with Gasteiger partial charge in [0.1, 0.15) is 17.1 Å². The highest BCUT2D eigenvalue weighted by Gasteiger charge is 2.36. The minimum atomic E-state index is -4.68. The molecule has 0 fully saturated rings. The van der Waals surface area contributed by atoms with Gasteiger partial charge in [0, 0.05) is 31.0 Å². The van der Waals surface area contributed by atoms with Crippen LogP contribution in [0.5, 0.6) is 0 Å². The third kappa shape index (κ3) is 4.35. The number of hydrogen-bond donors (Lipinski definition) is 2. The van der Waals surface area contributed by atoms with Crippen LogP contribution in [0.15, 0.2) is 24.5 Å². The van der Waals surface area contributed by atoms with Crippen molar-refractivity contribution in [2.24, 2.45) is 0 Å². The van der Waals surface area contributed by atoms with Crippen molar-refractivity contribution in [3.63, 3.8) is 0 Å². The van der Waals surface area contributed by atoms with Crippen LogP contribution >= 0.6 is 11.5 Å². The maximum atomic E-state index is 13.6. The Hall–Kier alpha value is -3.28. The molecule has 0 spiro atoms. The standard InChI is InChI=1S/C20H20F3N7OS/c1-10(31)30(4)12-6-13(20(21,22)23)16(25-8-12)26-18-27-17(29-32-18)14-5-11-7-19(2,3)28-15(11)9-24-14/h5-6,8-9,28H,7H2,1-4H3,(H,25,26,27,29). The number of alkyl halides is 3. The summed E-state index contributed by atoms with van der Waals surface area (Å²) in [5.41, 5.74) is 1.51. The van der Waals surface area contributed by atoms with Gasteiger partial charge in [-0.1, -0.05) is 0 Å². The smallest absolute Gasteiger partial charge is 0.378 e. The van der Waals surface area contributed by atoms with Crippen molar-refractivity contribution in [3.8, 4) is 11.5 Å². The average molecular weight is 463 g/mol. The first-order chi connectivity index (χ1) is 14.9. The minimum Gasteiger partial charge on any atom is -0.378 e. The second-order valence-electron chi connectivity index (χ2n) is 8.13. The maximum absolute atomic E-state index is 13.6. The van der Waals surface area contributed by atoms with E-state index >= 15 is 0 Å². The maximum Gasteiger partial charge on any atom is 0.420 e. The highest BCUT2D eigenvalue weighted by Crippen LogP contribution is 2.38. The Morgan fingerprint density at radius 3 is 2.69 bits per heavy atom. The van der Waals surface area contributed by atoms with E-state index in [-0.39, 0.29) is 16.4 Å². The van der Waals surface area contributed by atoms with E-state index in [1.54, 1.807) is 6.20 Å². The summed E-state index contributed by atoms with van der Waals surface area (Å²) in [6.07, 6.45) is -0.969. The molecule has 1 amide bonds. The first kappa shape index (κ1) is 21.9. The lowest BCUT2D eigenvalue weighted by atomic mass is 10.0. The van der Waals surface area contributed by atoms with Crippen molar-refractivity contribution in [2.75, 3.05) is 22.6 Å². The van der Waals surface area contributed by atoms with E-state index in [2.05, 4.69) is 43.8 Å². The zero-order chi connectivity index (χ0) is 23.3. The molecule has 3 aromatic heterocycles. The zero-order valence-electron chi connectivity index (χ0n) is 17.7. The van der Waals surface area contributed by atoms with E-state index < -0.39 is 23.5 Å². The molecule has 0 saturated carbocycles. The number of nitrogens with one attached hydrogen (secondary N) is 2. The largest absolute Gasteiger partial charge is 0.420 e. The Balaban J connectivity index is 1.61. The average Bonchev–Trinajstić information content (AvgIpc) is 3.28. The second kappa shape index (κ2) is 7.69. The fraction of sp³-hybridized carbons (Fsp3) is 0.350. The monoisotopic (exact) mass is 463 g/mol. The molecule has 0 bridgehead atoms. The van der Waals surface area contributed by atoms with E-state index in [0.29, 0.717) is 11.5 Å². The molecular weight excluding hydrogens is 443 g/mol. The first-order valence-corrected chi connectivity index (χ1v) is 10.4. The zero-order valence-corrected chi connectivity index (χ0v) is 18.5. The number of halogens is 3. The molecule has 1 aliphatic heterocycles. The number of hydrogen-bond acceptors (Lipinski definition) is 8. The Morgan fingerprint density at radius 2 is 2.00 bits per heavy atom. The topological polar surface area (TPSA) is 95.9 Å². The number of pyridine rings is 2. The van der Waals surface area contributed by atoms with Crippen LogP contribution in [0.4, 0.5) is 35.5 Å². The van der Waals surface area contributed by atoms with E-state index in [0.717, 1.165) is 40.2 Å². The molecule has 0 aliphatic carbocycles. The summed E-state index contributed by atoms with van der Waals surface area (Å²) in [7, 11) is 1.38. The summed E-state index contributed by atoms with van der Waals surface area (Å²) in [4.78, 5) is 25.1. The molecule has 2 N–H and O–H groups in total. The van der Waals surface area contributed by atoms with Crippen LogP contribution in [0.3, 0.4) is 0 Å². The van der Waals surface area contributed by atoms with Crippen LogP contribution < -0.4 is 15.5 Å². The first-order valence-electron chi connectivity index (χ1n) is 9.63. The summed E-state index contributed by atoms with van der Waals surface area (Å²) in [5, 5.41) is 6.12. The normalized spacial score (nSPS) is 14.6. The molecule has 32 heavy (non-hydrogen) atoms. The van der Waals surface area contributed by atoms with Crippen molar-refractivity contribution in [1.29, 1.82) is 0 Å². The van der Waals surface area contributed by atoms with Crippen LogP contribution in [0.2, 0.25) is 0 Å².